The van der Waals surface area contributed by atoms with Crippen molar-refractivity contribution in [1.29, 1.82) is 0 Å². The van der Waals surface area contributed by atoms with E-state index in [1.54, 1.807) is 0 Å². The smallest absolute Gasteiger partial charge is 0.0460 e. The highest BCUT2D eigenvalue weighted by Gasteiger charge is 2.24. The van der Waals surface area contributed by atoms with E-state index in [1.807, 2.05) is 0 Å². The summed E-state index contributed by atoms with van der Waals surface area (Å²) >= 11 is 0. The number of nitrogens with two attached hydrogens (primary N) is 1. The minimum Gasteiger partial charge on any atom is -0.396 e. The minimum absolute atomic E-state index is 0. The van der Waals surface area contributed by atoms with Gasteiger partial charge < -0.3 is 10.8 Å². The minimum atomic E-state index is 0. The molecule has 0 amide bonds. The van der Waals surface area contributed by atoms with E-state index >= 15 is 0 Å². The molecule has 1 aliphatic carbocycles. The van der Waals surface area contributed by atoms with Gasteiger partial charge in [0, 0.05) is 12.6 Å². The molecule has 1 fully saturated rings. The van der Waals surface area contributed by atoms with Crippen molar-refractivity contribution >= 4 is 12.4 Å². The van der Waals surface area contributed by atoms with Gasteiger partial charge in [-0.1, -0.05) is 0 Å². The quantitative estimate of drug-likeness (QED) is 0.540. The molecular weight excluding hydrogens is 126 g/mol. The van der Waals surface area contributed by atoms with Crippen LogP contribution in [0.2, 0.25) is 0 Å². The molecule has 1 rings (SSSR count). The largest absolute Gasteiger partial charge is 0.396 e. The van der Waals surface area contributed by atoms with Gasteiger partial charge in [0.1, 0.15) is 0 Å². The summed E-state index contributed by atoms with van der Waals surface area (Å²) in [7, 11) is 0. The van der Waals surface area contributed by atoms with Crippen molar-refractivity contribution in [3.8, 4) is 0 Å². The summed E-state index contributed by atoms with van der Waals surface area (Å²) in [5.74, 6) is 0.523. The van der Waals surface area contributed by atoms with E-state index < -0.39 is 0 Å². The van der Waals surface area contributed by atoms with Crippen LogP contribution in [-0.2, 0) is 0 Å². The summed E-state index contributed by atoms with van der Waals surface area (Å²) in [6.45, 7) is 0.327. The standard InChI is InChI=1S/C5H11NO.ClH/c6-5-1-4(2-5)3-7;/h4-5,7H,1-3,6H2;1H/t4-,5+;. The zero-order valence-corrected chi connectivity index (χ0v) is 5.53. The van der Waals surface area contributed by atoms with Gasteiger partial charge in [-0.2, -0.15) is 0 Å². The number of aliphatic hydroxyl groups excluding tert-OH is 1. The van der Waals surface area contributed by atoms with Crippen molar-refractivity contribution in [2.24, 2.45) is 11.7 Å². The van der Waals surface area contributed by atoms with Crippen molar-refractivity contribution in [2.75, 3.05) is 6.61 Å². The first kappa shape index (κ1) is 8.21. The van der Waals surface area contributed by atoms with Gasteiger partial charge in [-0.3, -0.25) is 0 Å². The van der Waals surface area contributed by atoms with Crippen LogP contribution in [0.15, 0.2) is 0 Å². The Hall–Kier alpha value is 0.210. The number of hydrogen-bond acceptors (Lipinski definition) is 2. The van der Waals surface area contributed by atoms with Crippen LogP contribution < -0.4 is 5.73 Å². The number of rotatable bonds is 1. The summed E-state index contributed by atoms with van der Waals surface area (Å²) < 4.78 is 0. The molecule has 0 aromatic rings. The second-order valence-corrected chi connectivity index (χ2v) is 2.28. The van der Waals surface area contributed by atoms with E-state index in [1.165, 1.54) is 0 Å². The third kappa shape index (κ3) is 1.62. The molecule has 3 heteroatoms. The van der Waals surface area contributed by atoms with Gasteiger partial charge in [-0.15, -0.1) is 12.4 Å². The van der Waals surface area contributed by atoms with E-state index in [9.17, 15) is 0 Å². The highest BCUT2D eigenvalue weighted by molar-refractivity contribution is 5.85. The third-order valence-corrected chi connectivity index (χ3v) is 1.53. The first-order valence-corrected chi connectivity index (χ1v) is 2.69. The van der Waals surface area contributed by atoms with Gasteiger partial charge in [0.15, 0.2) is 0 Å². The van der Waals surface area contributed by atoms with Crippen LogP contribution in [0.1, 0.15) is 12.8 Å². The third-order valence-electron chi connectivity index (χ3n) is 1.53. The summed E-state index contributed by atoms with van der Waals surface area (Å²) in [5, 5.41) is 8.45. The molecule has 0 atom stereocenters. The van der Waals surface area contributed by atoms with Crippen LogP contribution in [0.4, 0.5) is 0 Å². The highest BCUT2D eigenvalue weighted by Crippen LogP contribution is 2.23. The average molecular weight is 138 g/mol. The maximum Gasteiger partial charge on any atom is 0.0460 e. The Balaban J connectivity index is 0.000000490. The Morgan fingerprint density at radius 1 is 1.50 bits per heavy atom. The van der Waals surface area contributed by atoms with Gasteiger partial charge in [-0.25, -0.2) is 0 Å². The van der Waals surface area contributed by atoms with Crippen molar-refractivity contribution in [1.82, 2.24) is 0 Å². The molecular formula is C5H12ClNO. The SMILES string of the molecule is Cl.N[C@H]1C[C@@H](CO)C1. The molecule has 0 unspecified atom stereocenters. The topological polar surface area (TPSA) is 46.2 Å². The second-order valence-electron chi connectivity index (χ2n) is 2.28. The number of halogens is 1. The van der Waals surface area contributed by atoms with E-state index in [0.29, 0.717) is 18.6 Å². The molecule has 8 heavy (non-hydrogen) atoms. The van der Waals surface area contributed by atoms with Crippen LogP contribution in [-0.4, -0.2) is 17.8 Å². The Bertz CT molecular complexity index is 63.4. The summed E-state index contributed by atoms with van der Waals surface area (Å²) in [4.78, 5) is 0. The molecule has 1 aliphatic rings. The zero-order chi connectivity index (χ0) is 5.28. The number of hydrogen-bond donors (Lipinski definition) is 2. The molecule has 0 radical (unpaired) electrons. The van der Waals surface area contributed by atoms with E-state index in [4.69, 9.17) is 10.8 Å². The molecule has 1 saturated carbocycles. The fourth-order valence-corrected chi connectivity index (χ4v) is 0.936. The number of aliphatic hydroxyl groups is 1. The van der Waals surface area contributed by atoms with Crippen molar-refractivity contribution in [3.63, 3.8) is 0 Å². The molecule has 0 aromatic heterocycles. The maximum atomic E-state index is 8.45. The zero-order valence-electron chi connectivity index (χ0n) is 4.71. The molecule has 0 heterocycles. The van der Waals surface area contributed by atoms with Gasteiger partial charge >= 0.3 is 0 Å². The molecule has 50 valence electrons. The van der Waals surface area contributed by atoms with E-state index in [0.717, 1.165) is 12.8 Å². The van der Waals surface area contributed by atoms with Crippen molar-refractivity contribution in [3.05, 3.63) is 0 Å². The summed E-state index contributed by atoms with van der Waals surface area (Å²) in [6, 6.07) is 0.386. The molecule has 0 saturated heterocycles. The summed E-state index contributed by atoms with van der Waals surface area (Å²) in [5.41, 5.74) is 5.43. The predicted molar refractivity (Wildman–Crippen MR) is 35.0 cm³/mol. The highest BCUT2D eigenvalue weighted by atomic mass is 35.5. The van der Waals surface area contributed by atoms with Crippen LogP contribution in [0.25, 0.3) is 0 Å². The average Bonchev–Trinajstić information content (AvgIpc) is 1.58. The molecule has 0 aliphatic heterocycles. The Morgan fingerprint density at radius 3 is 2.12 bits per heavy atom. The van der Waals surface area contributed by atoms with Crippen molar-refractivity contribution < 1.29 is 5.11 Å². The van der Waals surface area contributed by atoms with Crippen molar-refractivity contribution in [2.45, 2.75) is 18.9 Å². The van der Waals surface area contributed by atoms with Gasteiger partial charge in [0.2, 0.25) is 0 Å². The Labute approximate surface area is 55.5 Å². The fourth-order valence-electron chi connectivity index (χ4n) is 0.936. The summed E-state index contributed by atoms with van der Waals surface area (Å²) in [6.07, 6.45) is 2.05. The molecule has 0 bridgehead atoms. The lowest BCUT2D eigenvalue weighted by Crippen LogP contribution is -2.37. The Morgan fingerprint density at radius 2 is 2.00 bits per heavy atom. The second kappa shape index (κ2) is 3.28. The monoisotopic (exact) mass is 137 g/mol. The maximum absolute atomic E-state index is 8.45. The van der Waals surface area contributed by atoms with E-state index in [2.05, 4.69) is 0 Å². The lowest BCUT2D eigenvalue weighted by molar-refractivity contribution is 0.144. The molecule has 0 aromatic carbocycles. The van der Waals surface area contributed by atoms with Gasteiger partial charge in [0.25, 0.3) is 0 Å². The lowest BCUT2D eigenvalue weighted by Gasteiger charge is -2.30. The van der Waals surface area contributed by atoms with Crippen LogP contribution in [0, 0.1) is 5.92 Å². The molecule has 0 spiro atoms. The van der Waals surface area contributed by atoms with Crippen LogP contribution in [0.3, 0.4) is 0 Å². The first-order valence-electron chi connectivity index (χ1n) is 2.69. The normalized spacial score (nSPS) is 35.2. The predicted octanol–water partition coefficient (Wildman–Crippen LogP) is 0.138. The Kier molecular flexibility index (Phi) is 3.36. The van der Waals surface area contributed by atoms with E-state index in [-0.39, 0.29) is 12.4 Å². The van der Waals surface area contributed by atoms with Crippen LogP contribution >= 0.6 is 12.4 Å². The fraction of sp³-hybridized carbons (Fsp3) is 1.00. The first-order chi connectivity index (χ1) is 3.33. The lowest BCUT2D eigenvalue weighted by atomic mass is 9.82. The molecule has 3 N–H and O–H groups in total. The van der Waals surface area contributed by atoms with Gasteiger partial charge in [0.05, 0.1) is 0 Å². The molecule has 2 nitrogen and oxygen atoms in total. The van der Waals surface area contributed by atoms with Gasteiger partial charge in [-0.05, 0) is 18.8 Å². The van der Waals surface area contributed by atoms with Crippen LogP contribution in [0.5, 0.6) is 0 Å².